The lowest BCUT2D eigenvalue weighted by molar-refractivity contribution is -0.384. The number of nitrogens with zero attached hydrogens (tertiary/aromatic N) is 1. The molecule has 1 rings (SSSR count). The van der Waals surface area contributed by atoms with Crippen molar-refractivity contribution in [3.8, 4) is 0 Å². The molecule has 0 spiro atoms. The molecule has 0 aliphatic carbocycles. The first-order valence-electron chi connectivity index (χ1n) is 5.21. The molecule has 18 heavy (non-hydrogen) atoms. The minimum Gasteiger partial charge on any atom is -0.380 e. The van der Waals surface area contributed by atoms with E-state index in [9.17, 15) is 14.9 Å². The predicted octanol–water partition coefficient (Wildman–Crippen LogP) is 2.01. The van der Waals surface area contributed by atoms with E-state index in [0.717, 1.165) is 0 Å². The Kier molecular flexibility index (Phi) is 5.06. The number of hydrogen-bond donors (Lipinski definition) is 1. The molecule has 0 saturated heterocycles. The summed E-state index contributed by atoms with van der Waals surface area (Å²) in [7, 11) is 1.52. The number of nitrogens with one attached hydrogen (secondary N) is 1. The average Bonchev–Trinajstić information content (AvgIpc) is 2.35. The molecule has 6 nitrogen and oxygen atoms in total. The van der Waals surface area contributed by atoms with E-state index in [2.05, 4.69) is 5.32 Å². The Hall–Kier alpha value is -1.66. The third kappa shape index (κ3) is 3.41. The number of amides is 1. The maximum atomic E-state index is 11.8. The third-order valence-corrected chi connectivity index (χ3v) is 2.77. The van der Waals surface area contributed by atoms with Crippen molar-refractivity contribution in [3.63, 3.8) is 0 Å². The van der Waals surface area contributed by atoms with Gasteiger partial charge >= 0.3 is 0 Å². The summed E-state index contributed by atoms with van der Waals surface area (Å²) in [4.78, 5) is 21.8. The van der Waals surface area contributed by atoms with E-state index >= 15 is 0 Å². The van der Waals surface area contributed by atoms with E-state index in [4.69, 9.17) is 16.3 Å². The number of nitro groups is 1. The molecule has 0 fully saturated rings. The molecule has 0 saturated carbocycles. The molecule has 0 aromatic heterocycles. The molecule has 1 atom stereocenters. The molecule has 98 valence electrons. The Labute approximate surface area is 109 Å². The first kappa shape index (κ1) is 14.4. The number of hydrogen-bond acceptors (Lipinski definition) is 4. The maximum absolute atomic E-state index is 11.8. The van der Waals surface area contributed by atoms with Crippen molar-refractivity contribution in [2.24, 2.45) is 0 Å². The van der Waals surface area contributed by atoms with Crippen LogP contribution < -0.4 is 5.32 Å². The number of halogens is 1. The lowest BCUT2D eigenvalue weighted by atomic mass is 10.2. The van der Waals surface area contributed by atoms with Crippen LogP contribution in [0.4, 0.5) is 5.69 Å². The highest BCUT2D eigenvalue weighted by Gasteiger charge is 2.19. The van der Waals surface area contributed by atoms with Gasteiger partial charge in [-0.25, -0.2) is 0 Å². The lowest BCUT2D eigenvalue weighted by Crippen LogP contribution is -2.31. The molecule has 0 radical (unpaired) electrons. The van der Waals surface area contributed by atoms with Crippen molar-refractivity contribution in [1.29, 1.82) is 0 Å². The molecule has 0 bridgehead atoms. The summed E-state index contributed by atoms with van der Waals surface area (Å²) in [6.45, 7) is 2.09. The second kappa shape index (κ2) is 6.32. The minimum absolute atomic E-state index is 0.0779. The van der Waals surface area contributed by atoms with Crippen LogP contribution in [0.3, 0.4) is 0 Å². The molecule has 1 unspecified atom stereocenters. The van der Waals surface area contributed by atoms with Gasteiger partial charge in [0.25, 0.3) is 11.6 Å². The SMILES string of the molecule is COC(C)CNC(=O)c1cccc([N+](=O)[O-])c1Cl. The quantitative estimate of drug-likeness (QED) is 0.657. The van der Waals surface area contributed by atoms with Crippen LogP contribution in [0.1, 0.15) is 17.3 Å². The zero-order chi connectivity index (χ0) is 13.7. The number of carbonyl (C=O) groups is 1. The molecule has 0 aliphatic heterocycles. The molecular formula is C11H13ClN2O4. The summed E-state index contributed by atoms with van der Waals surface area (Å²) in [5, 5.41) is 13.1. The Morgan fingerprint density at radius 1 is 1.61 bits per heavy atom. The van der Waals surface area contributed by atoms with Crippen LogP contribution in [0, 0.1) is 10.1 Å². The largest absolute Gasteiger partial charge is 0.380 e. The van der Waals surface area contributed by atoms with Gasteiger partial charge in [0.05, 0.1) is 16.6 Å². The van der Waals surface area contributed by atoms with Crippen molar-refractivity contribution in [1.82, 2.24) is 5.32 Å². The smallest absolute Gasteiger partial charge is 0.288 e. The van der Waals surface area contributed by atoms with Crippen molar-refractivity contribution >= 4 is 23.2 Å². The Morgan fingerprint density at radius 3 is 2.83 bits per heavy atom. The number of nitro benzene ring substituents is 1. The van der Waals surface area contributed by atoms with Crippen molar-refractivity contribution in [2.75, 3.05) is 13.7 Å². The fourth-order valence-electron chi connectivity index (χ4n) is 1.25. The number of benzene rings is 1. The third-order valence-electron chi connectivity index (χ3n) is 2.37. The van der Waals surface area contributed by atoms with E-state index < -0.39 is 10.8 Å². The van der Waals surface area contributed by atoms with Gasteiger partial charge in [-0.15, -0.1) is 0 Å². The van der Waals surface area contributed by atoms with Gasteiger partial charge in [-0.3, -0.25) is 14.9 Å². The van der Waals surface area contributed by atoms with E-state index in [-0.39, 0.29) is 22.4 Å². The van der Waals surface area contributed by atoms with Crippen LogP contribution in [0.25, 0.3) is 0 Å². The zero-order valence-electron chi connectivity index (χ0n) is 9.97. The minimum atomic E-state index is -0.628. The summed E-state index contributed by atoms with van der Waals surface area (Å²) in [6.07, 6.45) is -0.147. The van der Waals surface area contributed by atoms with E-state index in [1.54, 1.807) is 6.92 Å². The van der Waals surface area contributed by atoms with Crippen LogP contribution in [0.15, 0.2) is 18.2 Å². The average molecular weight is 273 g/mol. The van der Waals surface area contributed by atoms with Gasteiger partial charge in [0.15, 0.2) is 0 Å². The summed E-state index contributed by atoms with van der Waals surface area (Å²) in [6, 6.07) is 4.09. The normalized spacial score (nSPS) is 11.9. The Morgan fingerprint density at radius 2 is 2.28 bits per heavy atom. The van der Waals surface area contributed by atoms with Crippen LogP contribution in [0.5, 0.6) is 0 Å². The van der Waals surface area contributed by atoms with Crippen LogP contribution >= 0.6 is 11.6 Å². The number of carbonyl (C=O) groups excluding carboxylic acids is 1. The highest BCUT2D eigenvalue weighted by Crippen LogP contribution is 2.27. The number of methoxy groups -OCH3 is 1. The fourth-order valence-corrected chi connectivity index (χ4v) is 1.53. The van der Waals surface area contributed by atoms with Gasteiger partial charge < -0.3 is 10.1 Å². The standard InChI is InChI=1S/C11H13ClN2O4/c1-7(18-2)6-13-11(15)8-4-3-5-9(10(8)12)14(16)17/h3-5,7H,6H2,1-2H3,(H,13,15). The second-order valence-electron chi connectivity index (χ2n) is 3.65. The summed E-state index contributed by atoms with van der Waals surface area (Å²) < 4.78 is 4.97. The Bertz CT molecular complexity index is 464. The van der Waals surface area contributed by atoms with Crippen molar-refractivity contribution in [2.45, 2.75) is 13.0 Å². The first-order chi connectivity index (χ1) is 8.47. The molecule has 1 amide bonds. The van der Waals surface area contributed by atoms with Crippen molar-refractivity contribution in [3.05, 3.63) is 38.9 Å². The van der Waals surface area contributed by atoms with Crippen LogP contribution in [-0.2, 0) is 4.74 Å². The van der Waals surface area contributed by atoms with Crippen LogP contribution in [0.2, 0.25) is 5.02 Å². The topological polar surface area (TPSA) is 81.5 Å². The van der Waals surface area contributed by atoms with Gasteiger partial charge in [0, 0.05) is 19.7 Å². The molecule has 1 aromatic carbocycles. The zero-order valence-corrected chi connectivity index (χ0v) is 10.7. The van der Waals surface area contributed by atoms with E-state index in [0.29, 0.717) is 6.54 Å². The van der Waals surface area contributed by atoms with Crippen molar-refractivity contribution < 1.29 is 14.5 Å². The molecule has 1 N–H and O–H groups in total. The molecule has 0 heterocycles. The van der Waals surface area contributed by atoms with Gasteiger partial charge in [0.2, 0.25) is 0 Å². The van der Waals surface area contributed by atoms with E-state index in [1.165, 1.54) is 25.3 Å². The Balaban J connectivity index is 2.86. The molecule has 7 heteroatoms. The van der Waals surface area contributed by atoms with Gasteiger partial charge in [0.1, 0.15) is 5.02 Å². The van der Waals surface area contributed by atoms with Gasteiger partial charge in [-0.05, 0) is 13.0 Å². The van der Waals surface area contributed by atoms with Gasteiger partial charge in [-0.2, -0.15) is 0 Å². The molecule has 0 aliphatic rings. The second-order valence-corrected chi connectivity index (χ2v) is 4.03. The molecule has 1 aromatic rings. The lowest BCUT2D eigenvalue weighted by Gasteiger charge is -2.11. The first-order valence-corrected chi connectivity index (χ1v) is 5.59. The number of ether oxygens (including phenoxy) is 1. The highest BCUT2D eigenvalue weighted by molar-refractivity contribution is 6.35. The van der Waals surface area contributed by atoms with Crippen LogP contribution in [-0.4, -0.2) is 30.6 Å². The maximum Gasteiger partial charge on any atom is 0.288 e. The monoisotopic (exact) mass is 272 g/mol. The molecular weight excluding hydrogens is 260 g/mol. The fraction of sp³-hybridized carbons (Fsp3) is 0.364. The predicted molar refractivity (Wildman–Crippen MR) is 66.9 cm³/mol. The van der Waals surface area contributed by atoms with Gasteiger partial charge in [-0.1, -0.05) is 17.7 Å². The summed E-state index contributed by atoms with van der Waals surface area (Å²) in [5.74, 6) is -0.465. The summed E-state index contributed by atoms with van der Waals surface area (Å²) >= 11 is 5.81. The highest BCUT2D eigenvalue weighted by atomic mass is 35.5. The van der Waals surface area contributed by atoms with E-state index in [1.807, 2.05) is 0 Å². The number of rotatable bonds is 5. The summed E-state index contributed by atoms with van der Waals surface area (Å²) in [5.41, 5.74) is -0.210.